The zero-order valence-electron chi connectivity index (χ0n) is 16.8. The van der Waals surface area contributed by atoms with Crippen LogP contribution in [0.3, 0.4) is 0 Å². The third-order valence-electron chi connectivity index (χ3n) is 5.01. The number of carbonyl (C=O) groups excluding carboxylic acids is 1. The molecule has 1 saturated heterocycles. The van der Waals surface area contributed by atoms with Gasteiger partial charge in [-0.15, -0.1) is 10.2 Å². The largest absolute Gasteiger partial charge is 0.338 e. The number of aromatic nitrogens is 5. The van der Waals surface area contributed by atoms with Gasteiger partial charge in [-0.1, -0.05) is 34.9 Å². The normalized spacial score (nSPS) is 14.9. The van der Waals surface area contributed by atoms with E-state index in [1.54, 1.807) is 12.1 Å². The van der Waals surface area contributed by atoms with Crippen LogP contribution in [0.2, 0.25) is 5.02 Å². The van der Waals surface area contributed by atoms with Crippen LogP contribution in [-0.4, -0.2) is 42.3 Å². The number of likely N-dealkylation sites (tertiary alicyclic amines) is 1. The number of rotatable bonds is 7. The molecule has 3 aromatic rings. The van der Waals surface area contributed by atoms with E-state index < -0.39 is 0 Å². The molecule has 1 aromatic carbocycles. The van der Waals surface area contributed by atoms with Gasteiger partial charge in [-0.2, -0.15) is 4.98 Å². The highest BCUT2D eigenvalue weighted by Gasteiger charge is 2.21. The van der Waals surface area contributed by atoms with E-state index in [0.29, 0.717) is 35.5 Å². The van der Waals surface area contributed by atoms with E-state index in [4.69, 9.17) is 16.1 Å². The van der Waals surface area contributed by atoms with Gasteiger partial charge in [0.25, 0.3) is 0 Å². The molecule has 0 atom stereocenters. The average Bonchev–Trinajstić information content (AvgIpc) is 3.32. The second-order valence-electron chi connectivity index (χ2n) is 7.08. The molecule has 1 aliphatic heterocycles. The van der Waals surface area contributed by atoms with Crippen molar-refractivity contribution in [1.29, 1.82) is 0 Å². The minimum atomic E-state index is 0.202. The van der Waals surface area contributed by atoms with Crippen LogP contribution in [0.1, 0.15) is 44.3 Å². The van der Waals surface area contributed by atoms with Gasteiger partial charge in [0.1, 0.15) is 0 Å². The van der Waals surface area contributed by atoms with Crippen molar-refractivity contribution in [2.45, 2.75) is 56.6 Å². The average molecular weight is 447 g/mol. The lowest BCUT2D eigenvalue weighted by Crippen LogP contribution is -2.31. The monoisotopic (exact) mass is 446 g/mol. The fraction of sp³-hybridized carbons (Fsp3) is 0.450. The summed E-state index contributed by atoms with van der Waals surface area (Å²) in [4.78, 5) is 18.6. The van der Waals surface area contributed by atoms with Crippen LogP contribution in [0.4, 0.5) is 0 Å². The van der Waals surface area contributed by atoms with E-state index in [1.165, 1.54) is 11.8 Å². The summed E-state index contributed by atoms with van der Waals surface area (Å²) >= 11 is 7.42. The quantitative estimate of drug-likeness (QED) is 0.502. The summed E-state index contributed by atoms with van der Waals surface area (Å²) in [5.41, 5.74) is 0.848. The molecular weight excluding hydrogens is 424 g/mol. The first-order chi connectivity index (χ1) is 14.6. The number of thioether (sulfide) groups is 1. The summed E-state index contributed by atoms with van der Waals surface area (Å²) in [6.45, 7) is 4.06. The maximum Gasteiger partial charge on any atom is 0.237 e. The third kappa shape index (κ3) is 4.84. The van der Waals surface area contributed by atoms with Gasteiger partial charge < -0.3 is 14.0 Å². The summed E-state index contributed by atoms with van der Waals surface area (Å²) in [6, 6.07) is 7.30. The van der Waals surface area contributed by atoms with Crippen LogP contribution in [-0.2, 0) is 23.6 Å². The van der Waals surface area contributed by atoms with Crippen molar-refractivity contribution < 1.29 is 9.32 Å². The smallest absolute Gasteiger partial charge is 0.237 e. The number of hydrogen-bond donors (Lipinski definition) is 0. The summed E-state index contributed by atoms with van der Waals surface area (Å²) in [6.07, 6.45) is 3.74. The second kappa shape index (κ2) is 9.61. The standard InChI is InChI=1S/C20H23ClN6O2S/c1-2-27-16(12-26-11-5-3-4-6-18(26)28)23-24-20(27)30-13-17-22-19(25-29-17)14-7-9-15(21)10-8-14/h7-10H,2-6,11-13H2,1H3. The molecule has 0 saturated carbocycles. The van der Waals surface area contributed by atoms with Gasteiger partial charge in [0.05, 0.1) is 12.3 Å². The van der Waals surface area contributed by atoms with Crippen molar-refractivity contribution >= 4 is 29.3 Å². The Balaban J connectivity index is 1.41. The van der Waals surface area contributed by atoms with Gasteiger partial charge in [0, 0.05) is 30.1 Å². The van der Waals surface area contributed by atoms with Crippen LogP contribution in [0.25, 0.3) is 11.4 Å². The topological polar surface area (TPSA) is 89.9 Å². The van der Waals surface area contributed by atoms with E-state index >= 15 is 0 Å². The molecule has 158 valence electrons. The Morgan fingerprint density at radius 2 is 2.00 bits per heavy atom. The molecule has 0 aliphatic carbocycles. The van der Waals surface area contributed by atoms with E-state index in [-0.39, 0.29) is 5.91 Å². The lowest BCUT2D eigenvalue weighted by atomic mass is 10.2. The van der Waals surface area contributed by atoms with Gasteiger partial charge >= 0.3 is 0 Å². The minimum Gasteiger partial charge on any atom is -0.338 e. The number of halogens is 1. The van der Waals surface area contributed by atoms with Crippen molar-refractivity contribution in [2.24, 2.45) is 0 Å². The van der Waals surface area contributed by atoms with Crippen LogP contribution in [0, 0.1) is 0 Å². The molecule has 1 aliphatic rings. The number of carbonyl (C=O) groups is 1. The Morgan fingerprint density at radius 3 is 2.80 bits per heavy atom. The lowest BCUT2D eigenvalue weighted by Gasteiger charge is -2.20. The molecule has 1 amide bonds. The first kappa shape index (κ1) is 20.9. The van der Waals surface area contributed by atoms with Crippen LogP contribution in [0.5, 0.6) is 0 Å². The molecular formula is C20H23ClN6O2S. The summed E-state index contributed by atoms with van der Waals surface area (Å²) in [5, 5.41) is 14.1. The Kier molecular flexibility index (Phi) is 6.69. The molecule has 8 nitrogen and oxygen atoms in total. The minimum absolute atomic E-state index is 0.202. The van der Waals surface area contributed by atoms with Crippen LogP contribution in [0.15, 0.2) is 33.9 Å². The lowest BCUT2D eigenvalue weighted by molar-refractivity contribution is -0.131. The molecule has 4 rings (SSSR count). The number of hydrogen-bond acceptors (Lipinski definition) is 7. The molecule has 0 N–H and O–H groups in total. The Hall–Kier alpha value is -2.39. The Bertz CT molecular complexity index is 1000. The zero-order chi connectivity index (χ0) is 20.9. The van der Waals surface area contributed by atoms with Crippen molar-refractivity contribution in [3.05, 3.63) is 41.0 Å². The summed E-state index contributed by atoms with van der Waals surface area (Å²) in [7, 11) is 0. The van der Waals surface area contributed by atoms with Gasteiger partial charge in [0.2, 0.25) is 17.6 Å². The highest BCUT2D eigenvalue weighted by Crippen LogP contribution is 2.24. The number of nitrogens with zero attached hydrogens (tertiary/aromatic N) is 6. The van der Waals surface area contributed by atoms with E-state index in [2.05, 4.69) is 20.3 Å². The first-order valence-corrected chi connectivity index (χ1v) is 11.4. The number of benzene rings is 1. The molecule has 0 unspecified atom stereocenters. The molecule has 0 bridgehead atoms. The molecule has 2 aromatic heterocycles. The fourth-order valence-corrected chi connectivity index (χ4v) is 4.38. The van der Waals surface area contributed by atoms with Crippen molar-refractivity contribution in [3.8, 4) is 11.4 Å². The Labute approximate surface area is 184 Å². The highest BCUT2D eigenvalue weighted by atomic mass is 35.5. The van der Waals surface area contributed by atoms with Crippen LogP contribution >= 0.6 is 23.4 Å². The van der Waals surface area contributed by atoms with E-state index in [0.717, 1.165) is 48.9 Å². The summed E-state index contributed by atoms with van der Waals surface area (Å²) in [5.74, 6) is 2.54. The van der Waals surface area contributed by atoms with Gasteiger partial charge in [0.15, 0.2) is 11.0 Å². The van der Waals surface area contributed by atoms with Crippen molar-refractivity contribution in [3.63, 3.8) is 0 Å². The SMILES string of the molecule is CCn1c(CN2CCCCCC2=O)nnc1SCc1nc(-c2ccc(Cl)cc2)no1. The zero-order valence-corrected chi connectivity index (χ0v) is 18.3. The van der Waals surface area contributed by atoms with Crippen LogP contribution < -0.4 is 0 Å². The molecule has 0 spiro atoms. The van der Waals surface area contributed by atoms with Gasteiger partial charge in [-0.05, 0) is 44.0 Å². The molecule has 30 heavy (non-hydrogen) atoms. The number of amides is 1. The van der Waals surface area contributed by atoms with E-state index in [1.807, 2.05) is 28.5 Å². The molecule has 3 heterocycles. The summed E-state index contributed by atoms with van der Waals surface area (Å²) < 4.78 is 7.42. The maximum absolute atomic E-state index is 12.3. The third-order valence-corrected chi connectivity index (χ3v) is 6.21. The van der Waals surface area contributed by atoms with E-state index in [9.17, 15) is 4.79 Å². The first-order valence-electron chi connectivity index (χ1n) is 10.0. The fourth-order valence-electron chi connectivity index (χ4n) is 3.39. The molecule has 10 heteroatoms. The second-order valence-corrected chi connectivity index (χ2v) is 8.46. The molecule has 1 fully saturated rings. The predicted molar refractivity (Wildman–Crippen MR) is 114 cm³/mol. The van der Waals surface area contributed by atoms with Crippen molar-refractivity contribution in [1.82, 2.24) is 29.8 Å². The Morgan fingerprint density at radius 1 is 1.17 bits per heavy atom. The molecule has 0 radical (unpaired) electrons. The maximum atomic E-state index is 12.3. The highest BCUT2D eigenvalue weighted by molar-refractivity contribution is 7.98. The van der Waals surface area contributed by atoms with Gasteiger partial charge in [-0.3, -0.25) is 4.79 Å². The van der Waals surface area contributed by atoms with Gasteiger partial charge in [-0.25, -0.2) is 0 Å². The predicted octanol–water partition coefficient (Wildman–Crippen LogP) is 4.20. The van der Waals surface area contributed by atoms with Crippen molar-refractivity contribution in [2.75, 3.05) is 6.54 Å².